The van der Waals surface area contributed by atoms with E-state index in [1.54, 1.807) is 30.1 Å². The van der Waals surface area contributed by atoms with Gasteiger partial charge in [-0.15, -0.1) is 0 Å². The molecular weight excluding hydrogens is 502 g/mol. The smallest absolute Gasteiger partial charge is 0.275 e. The Balaban J connectivity index is 1.53. The van der Waals surface area contributed by atoms with Gasteiger partial charge in [-0.25, -0.2) is 9.97 Å². The standard InChI is InChI=1S/C24H20ClN7O3S/c1-11-8-28-32(3)21(11)16-7-18-20(23(34)29-16)30-24(36-18)31-22(33)15-9-26-12(2)5-13(15)14-6-19(25)27-10-17(14)35-4/h5-10H,1-4H3,(H,29,34)(H,30,31,33). The summed E-state index contributed by atoms with van der Waals surface area (Å²) in [7, 11) is 3.32. The molecule has 0 aliphatic rings. The summed E-state index contributed by atoms with van der Waals surface area (Å²) in [6, 6.07) is 5.23. The van der Waals surface area contributed by atoms with Gasteiger partial charge in [0.2, 0.25) is 0 Å². The van der Waals surface area contributed by atoms with Crippen molar-refractivity contribution in [2.75, 3.05) is 12.4 Å². The summed E-state index contributed by atoms with van der Waals surface area (Å²) in [5.74, 6) is 0.0224. The Morgan fingerprint density at radius 1 is 1.14 bits per heavy atom. The fourth-order valence-corrected chi connectivity index (χ4v) is 5.03. The third kappa shape index (κ3) is 4.23. The van der Waals surface area contributed by atoms with Gasteiger partial charge in [0, 0.05) is 30.1 Å². The van der Waals surface area contributed by atoms with Crippen LogP contribution in [0.25, 0.3) is 32.7 Å². The van der Waals surface area contributed by atoms with E-state index in [-0.39, 0.29) is 21.4 Å². The maximum absolute atomic E-state index is 13.3. The zero-order valence-electron chi connectivity index (χ0n) is 19.7. The van der Waals surface area contributed by atoms with E-state index < -0.39 is 5.91 Å². The van der Waals surface area contributed by atoms with Crippen molar-refractivity contribution >= 4 is 44.2 Å². The van der Waals surface area contributed by atoms with E-state index in [4.69, 9.17) is 16.3 Å². The summed E-state index contributed by atoms with van der Waals surface area (Å²) >= 11 is 7.33. The molecule has 1 amide bonds. The number of halogens is 1. The number of nitrogens with one attached hydrogen (secondary N) is 2. The molecule has 182 valence electrons. The Bertz CT molecular complexity index is 1690. The van der Waals surface area contributed by atoms with Gasteiger partial charge in [0.25, 0.3) is 11.5 Å². The van der Waals surface area contributed by atoms with Gasteiger partial charge in [-0.2, -0.15) is 5.10 Å². The minimum Gasteiger partial charge on any atom is -0.494 e. The van der Waals surface area contributed by atoms with Crippen LogP contribution in [0.2, 0.25) is 5.15 Å². The van der Waals surface area contributed by atoms with Crippen molar-refractivity contribution in [3.8, 4) is 28.3 Å². The zero-order valence-corrected chi connectivity index (χ0v) is 21.3. The van der Waals surface area contributed by atoms with E-state index >= 15 is 0 Å². The van der Waals surface area contributed by atoms with Gasteiger partial charge in [0.05, 0.1) is 41.2 Å². The van der Waals surface area contributed by atoms with E-state index in [9.17, 15) is 9.59 Å². The Kier molecular flexibility index (Phi) is 6.02. The summed E-state index contributed by atoms with van der Waals surface area (Å²) in [4.78, 5) is 41.7. The lowest BCUT2D eigenvalue weighted by Gasteiger charge is -2.13. The number of methoxy groups -OCH3 is 1. The van der Waals surface area contributed by atoms with Crippen molar-refractivity contribution in [3.05, 3.63) is 69.1 Å². The highest BCUT2D eigenvalue weighted by molar-refractivity contribution is 7.22. The number of fused-ring (bicyclic) bond motifs is 1. The molecule has 12 heteroatoms. The van der Waals surface area contributed by atoms with Crippen molar-refractivity contribution in [2.45, 2.75) is 13.8 Å². The first-order valence-corrected chi connectivity index (χ1v) is 12.0. The van der Waals surface area contributed by atoms with Crippen molar-refractivity contribution in [1.29, 1.82) is 0 Å². The number of aryl methyl sites for hydroxylation is 3. The third-order valence-corrected chi connectivity index (χ3v) is 6.74. The lowest BCUT2D eigenvalue weighted by Crippen LogP contribution is -2.14. The van der Waals surface area contributed by atoms with Crippen LogP contribution in [0.1, 0.15) is 21.6 Å². The predicted octanol–water partition coefficient (Wildman–Crippen LogP) is 4.37. The first-order valence-electron chi connectivity index (χ1n) is 10.8. The molecule has 5 heterocycles. The lowest BCUT2D eigenvalue weighted by atomic mass is 10.0. The minimum absolute atomic E-state index is 0.240. The van der Waals surface area contributed by atoms with E-state index in [2.05, 4.69) is 30.4 Å². The lowest BCUT2D eigenvalue weighted by molar-refractivity contribution is 0.102. The molecule has 0 aromatic carbocycles. The molecule has 10 nitrogen and oxygen atoms in total. The molecule has 5 rings (SSSR count). The van der Waals surface area contributed by atoms with Gasteiger partial charge in [-0.3, -0.25) is 24.6 Å². The van der Waals surface area contributed by atoms with Crippen LogP contribution in [-0.4, -0.2) is 42.7 Å². The number of pyridine rings is 3. The number of ether oxygens (including phenoxy) is 1. The Labute approximate surface area is 214 Å². The predicted molar refractivity (Wildman–Crippen MR) is 139 cm³/mol. The van der Waals surface area contributed by atoms with Crippen LogP contribution in [0.4, 0.5) is 5.13 Å². The normalized spacial score (nSPS) is 11.1. The third-order valence-electron chi connectivity index (χ3n) is 5.62. The molecule has 0 aliphatic carbocycles. The van der Waals surface area contributed by atoms with E-state index in [0.717, 1.165) is 11.3 Å². The minimum atomic E-state index is -0.439. The molecule has 0 saturated carbocycles. The number of rotatable bonds is 5. The number of carbonyl (C=O) groups excluding carboxylic acids is 1. The second kappa shape index (κ2) is 9.17. The number of carbonyl (C=O) groups is 1. The van der Waals surface area contributed by atoms with Crippen molar-refractivity contribution in [2.24, 2.45) is 7.05 Å². The second-order valence-electron chi connectivity index (χ2n) is 8.08. The second-order valence-corrected chi connectivity index (χ2v) is 9.49. The van der Waals surface area contributed by atoms with Crippen molar-refractivity contribution in [1.82, 2.24) is 29.7 Å². The molecule has 0 fully saturated rings. The Morgan fingerprint density at radius 2 is 1.94 bits per heavy atom. The number of thiazole rings is 1. The summed E-state index contributed by atoms with van der Waals surface area (Å²) in [5, 5.41) is 7.58. The molecule has 0 spiro atoms. The number of amides is 1. The maximum Gasteiger partial charge on any atom is 0.275 e. The number of hydrogen-bond acceptors (Lipinski definition) is 8. The van der Waals surface area contributed by atoms with E-state index in [1.807, 2.05) is 19.9 Å². The molecule has 0 saturated heterocycles. The van der Waals surface area contributed by atoms with Gasteiger partial charge in [0.1, 0.15) is 16.4 Å². The number of nitrogens with zero attached hydrogens (tertiary/aromatic N) is 5. The Hall–Kier alpha value is -4.09. The van der Waals surface area contributed by atoms with Crippen LogP contribution in [-0.2, 0) is 7.05 Å². The first kappa shape index (κ1) is 23.6. The molecule has 0 unspecified atom stereocenters. The molecule has 0 radical (unpaired) electrons. The van der Waals surface area contributed by atoms with Crippen LogP contribution < -0.4 is 15.6 Å². The summed E-state index contributed by atoms with van der Waals surface area (Å²) < 4.78 is 7.76. The van der Waals surface area contributed by atoms with E-state index in [1.165, 1.54) is 30.8 Å². The highest BCUT2D eigenvalue weighted by Gasteiger charge is 2.20. The van der Waals surface area contributed by atoms with Crippen LogP contribution in [0.3, 0.4) is 0 Å². The topological polar surface area (TPSA) is 128 Å². The number of H-pyrrole nitrogens is 1. The van der Waals surface area contributed by atoms with Gasteiger partial charge in [-0.1, -0.05) is 22.9 Å². The summed E-state index contributed by atoms with van der Waals surface area (Å²) in [6.45, 7) is 3.74. The van der Waals surface area contributed by atoms with Gasteiger partial charge < -0.3 is 9.72 Å². The van der Waals surface area contributed by atoms with Gasteiger partial charge in [-0.05, 0) is 37.6 Å². The SMILES string of the molecule is COc1cnc(Cl)cc1-c1cc(C)ncc1C(=O)Nc1nc2c(=O)[nH]c(-c3c(C)cnn3C)cc2s1. The molecule has 0 atom stereocenters. The molecule has 2 N–H and O–H groups in total. The average Bonchev–Trinajstić information content (AvgIpc) is 3.40. The number of aromatic amines is 1. The first-order chi connectivity index (χ1) is 17.2. The van der Waals surface area contributed by atoms with Crippen LogP contribution >= 0.6 is 22.9 Å². The molecule has 0 bridgehead atoms. The number of aromatic nitrogens is 6. The Morgan fingerprint density at radius 3 is 2.67 bits per heavy atom. The molecule has 0 aliphatic heterocycles. The van der Waals surface area contributed by atoms with Gasteiger partial charge in [0.15, 0.2) is 5.13 Å². The monoisotopic (exact) mass is 521 g/mol. The highest BCUT2D eigenvalue weighted by atomic mass is 35.5. The van der Waals surface area contributed by atoms with Crippen LogP contribution in [0, 0.1) is 13.8 Å². The molecule has 5 aromatic rings. The fourth-order valence-electron chi connectivity index (χ4n) is 3.97. The van der Waals surface area contributed by atoms with E-state index in [0.29, 0.717) is 38.5 Å². The number of hydrogen-bond donors (Lipinski definition) is 2. The van der Waals surface area contributed by atoms with Crippen LogP contribution in [0.5, 0.6) is 5.75 Å². The maximum atomic E-state index is 13.3. The largest absolute Gasteiger partial charge is 0.494 e. The summed E-state index contributed by atoms with van der Waals surface area (Å²) in [5.41, 5.74) is 4.42. The van der Waals surface area contributed by atoms with Crippen LogP contribution in [0.15, 0.2) is 41.6 Å². The van der Waals surface area contributed by atoms with Crippen molar-refractivity contribution < 1.29 is 9.53 Å². The number of anilines is 1. The summed E-state index contributed by atoms with van der Waals surface area (Å²) in [6.07, 6.45) is 4.71. The quantitative estimate of drug-likeness (QED) is 0.328. The van der Waals surface area contributed by atoms with Crippen molar-refractivity contribution in [3.63, 3.8) is 0 Å². The highest BCUT2D eigenvalue weighted by Crippen LogP contribution is 2.35. The molecular formula is C24H20ClN7O3S. The molecule has 36 heavy (non-hydrogen) atoms. The molecule has 5 aromatic heterocycles. The average molecular weight is 522 g/mol. The van der Waals surface area contributed by atoms with Gasteiger partial charge >= 0.3 is 0 Å². The zero-order chi connectivity index (χ0) is 25.6. The fraction of sp³-hybridized carbons (Fsp3) is 0.167.